The molecule has 2 aromatic rings. The lowest BCUT2D eigenvalue weighted by molar-refractivity contribution is -0.185. The number of hydrogen-bond acceptors (Lipinski definition) is 7. The molecule has 0 fully saturated rings. The van der Waals surface area contributed by atoms with E-state index in [2.05, 4.69) is 0 Å². The molecule has 7 heteroatoms. The van der Waals surface area contributed by atoms with Crippen molar-refractivity contribution >= 4 is 22.9 Å². The summed E-state index contributed by atoms with van der Waals surface area (Å²) in [6, 6.07) is 6.39. The number of carbonyl (C=O) groups is 2. The van der Waals surface area contributed by atoms with Crippen molar-refractivity contribution in [2.75, 3.05) is 0 Å². The van der Waals surface area contributed by atoms with Crippen LogP contribution in [0.1, 0.15) is 53.2 Å². The molecule has 31 heavy (non-hydrogen) atoms. The van der Waals surface area contributed by atoms with E-state index in [1.807, 2.05) is 0 Å². The van der Waals surface area contributed by atoms with Gasteiger partial charge in [-0.1, -0.05) is 12.2 Å². The Morgan fingerprint density at radius 2 is 1.55 bits per heavy atom. The van der Waals surface area contributed by atoms with Gasteiger partial charge >= 0.3 is 17.6 Å². The van der Waals surface area contributed by atoms with Gasteiger partial charge in [0.25, 0.3) is 0 Å². The number of hydrogen-bond donors (Lipinski definition) is 0. The zero-order valence-corrected chi connectivity index (χ0v) is 18.5. The van der Waals surface area contributed by atoms with Crippen LogP contribution < -0.4 is 10.4 Å². The Morgan fingerprint density at radius 3 is 2.16 bits per heavy atom. The topological polar surface area (TPSA) is 92.0 Å². The van der Waals surface area contributed by atoms with Crippen LogP contribution >= 0.6 is 0 Å². The molecular formula is C24H26O7. The molecule has 0 radical (unpaired) electrons. The zero-order chi connectivity index (χ0) is 22.9. The van der Waals surface area contributed by atoms with Crippen LogP contribution in [0.2, 0.25) is 0 Å². The fraction of sp³-hybridized carbons (Fsp3) is 0.375. The monoisotopic (exact) mass is 426 g/mol. The Bertz CT molecular complexity index is 1150. The van der Waals surface area contributed by atoms with E-state index in [0.717, 1.165) is 0 Å². The number of ether oxygens (including phenoxy) is 3. The maximum atomic E-state index is 12.7. The highest BCUT2D eigenvalue weighted by Gasteiger charge is 2.50. The van der Waals surface area contributed by atoms with E-state index < -0.39 is 35.4 Å². The van der Waals surface area contributed by atoms with Crippen molar-refractivity contribution in [3.8, 4) is 5.75 Å². The van der Waals surface area contributed by atoms with Crippen LogP contribution in [-0.2, 0) is 19.1 Å². The normalized spacial score (nSPS) is 20.6. The summed E-state index contributed by atoms with van der Waals surface area (Å²) in [4.78, 5) is 37.3. The van der Waals surface area contributed by atoms with E-state index in [1.165, 1.54) is 6.07 Å². The van der Waals surface area contributed by atoms with Crippen LogP contribution in [0.4, 0.5) is 0 Å². The second-order valence-corrected chi connectivity index (χ2v) is 7.95. The van der Waals surface area contributed by atoms with Crippen molar-refractivity contribution in [1.82, 2.24) is 0 Å². The van der Waals surface area contributed by atoms with Crippen molar-refractivity contribution in [2.45, 2.75) is 59.4 Å². The molecule has 0 amide bonds. The third kappa shape index (κ3) is 4.26. The highest BCUT2D eigenvalue weighted by Crippen LogP contribution is 2.46. The minimum atomic E-state index is -1.05. The molecule has 7 nitrogen and oxygen atoms in total. The number of rotatable bonds is 4. The quantitative estimate of drug-likeness (QED) is 0.407. The standard InChI is InChI=1S/C24H26O7/c1-7-13(3)22(26)29-20-18-16(11-9-15-10-12-17(25)28-19(15)18)31-24(5,6)21(20)30-23(27)14(4)8-2/h7-12,20-21H,1-6H3/t20-,21+/m1/s1. The van der Waals surface area contributed by atoms with Crippen LogP contribution in [0.5, 0.6) is 5.75 Å². The third-order valence-electron chi connectivity index (χ3n) is 5.38. The highest BCUT2D eigenvalue weighted by molar-refractivity contribution is 5.90. The first-order chi connectivity index (χ1) is 14.6. The maximum absolute atomic E-state index is 12.7. The second kappa shape index (κ2) is 8.41. The van der Waals surface area contributed by atoms with Gasteiger partial charge in [0.2, 0.25) is 0 Å². The number of fused-ring (bicyclic) bond motifs is 3. The molecular weight excluding hydrogens is 400 g/mol. The van der Waals surface area contributed by atoms with Crippen molar-refractivity contribution in [2.24, 2.45) is 0 Å². The largest absolute Gasteiger partial charge is 0.483 e. The first kappa shape index (κ1) is 22.3. The molecule has 0 saturated heterocycles. The molecule has 0 aliphatic carbocycles. The van der Waals surface area contributed by atoms with Gasteiger partial charge in [-0.15, -0.1) is 0 Å². The fourth-order valence-electron chi connectivity index (χ4n) is 3.33. The number of esters is 2. The van der Waals surface area contributed by atoms with Crippen LogP contribution in [0.3, 0.4) is 0 Å². The Labute approximate surface area is 180 Å². The summed E-state index contributed by atoms with van der Waals surface area (Å²) in [7, 11) is 0. The molecule has 1 aromatic heterocycles. The van der Waals surface area contributed by atoms with Gasteiger partial charge in [-0.2, -0.15) is 0 Å². The van der Waals surface area contributed by atoms with Gasteiger partial charge in [-0.05, 0) is 59.7 Å². The molecule has 3 rings (SSSR count). The molecule has 1 aliphatic rings. The molecule has 1 aromatic carbocycles. The van der Waals surface area contributed by atoms with E-state index in [0.29, 0.717) is 27.8 Å². The first-order valence-electron chi connectivity index (χ1n) is 10.0. The van der Waals surface area contributed by atoms with Crippen LogP contribution in [-0.4, -0.2) is 23.6 Å². The molecule has 0 bridgehead atoms. The van der Waals surface area contributed by atoms with Crippen LogP contribution in [0.25, 0.3) is 11.0 Å². The average molecular weight is 426 g/mol. The van der Waals surface area contributed by atoms with Gasteiger partial charge in [0, 0.05) is 22.6 Å². The van der Waals surface area contributed by atoms with Crippen molar-refractivity contribution < 1.29 is 28.2 Å². The van der Waals surface area contributed by atoms with E-state index in [1.54, 1.807) is 71.9 Å². The molecule has 164 valence electrons. The Hall–Kier alpha value is -3.35. The maximum Gasteiger partial charge on any atom is 0.336 e. The summed E-state index contributed by atoms with van der Waals surface area (Å²) < 4.78 is 23.2. The Morgan fingerprint density at radius 1 is 0.968 bits per heavy atom. The predicted octanol–water partition coefficient (Wildman–Crippen LogP) is 4.39. The van der Waals surface area contributed by atoms with Crippen LogP contribution in [0, 0.1) is 0 Å². The molecule has 0 saturated carbocycles. The fourth-order valence-corrected chi connectivity index (χ4v) is 3.33. The van der Waals surface area contributed by atoms with E-state index in [9.17, 15) is 14.4 Å². The minimum absolute atomic E-state index is 0.222. The van der Waals surface area contributed by atoms with Crippen molar-refractivity contribution in [3.63, 3.8) is 0 Å². The van der Waals surface area contributed by atoms with Crippen molar-refractivity contribution in [1.29, 1.82) is 0 Å². The summed E-state index contributed by atoms with van der Waals surface area (Å²) in [5.74, 6) is -0.744. The highest BCUT2D eigenvalue weighted by atomic mass is 16.6. The number of benzene rings is 1. The van der Waals surface area contributed by atoms with E-state index in [-0.39, 0.29) is 5.58 Å². The van der Waals surface area contributed by atoms with E-state index >= 15 is 0 Å². The Kier molecular flexibility index (Phi) is 6.06. The summed E-state index contributed by atoms with van der Waals surface area (Å²) >= 11 is 0. The summed E-state index contributed by atoms with van der Waals surface area (Å²) in [5, 5.41) is 0.625. The van der Waals surface area contributed by atoms with Gasteiger partial charge in [0.15, 0.2) is 12.2 Å². The lowest BCUT2D eigenvalue weighted by Gasteiger charge is -2.43. The molecule has 0 N–H and O–H groups in total. The summed E-state index contributed by atoms with van der Waals surface area (Å²) in [5.41, 5.74) is -0.224. The van der Waals surface area contributed by atoms with Gasteiger partial charge < -0.3 is 18.6 Å². The SMILES string of the molecule is CC=C(C)C(=O)O[C@@H]1c2c(ccc3ccc(=O)oc23)OC(C)(C)[C@H]1OC(=O)C(C)=CC. The van der Waals surface area contributed by atoms with Gasteiger partial charge in [-0.3, -0.25) is 0 Å². The third-order valence-corrected chi connectivity index (χ3v) is 5.38. The molecule has 1 aliphatic heterocycles. The smallest absolute Gasteiger partial charge is 0.336 e. The zero-order valence-electron chi connectivity index (χ0n) is 18.5. The number of carbonyl (C=O) groups excluding carboxylic acids is 2. The first-order valence-corrected chi connectivity index (χ1v) is 10.0. The van der Waals surface area contributed by atoms with Gasteiger partial charge in [0.1, 0.15) is 16.9 Å². The van der Waals surface area contributed by atoms with Gasteiger partial charge in [-0.25, -0.2) is 14.4 Å². The van der Waals surface area contributed by atoms with E-state index in [4.69, 9.17) is 18.6 Å². The molecule has 2 atom stereocenters. The van der Waals surface area contributed by atoms with Gasteiger partial charge in [0.05, 0.1) is 5.56 Å². The van der Waals surface area contributed by atoms with Crippen LogP contribution in [0.15, 0.2) is 56.8 Å². The second-order valence-electron chi connectivity index (χ2n) is 7.95. The lowest BCUT2D eigenvalue weighted by atomic mass is 9.87. The lowest BCUT2D eigenvalue weighted by Crippen LogP contribution is -2.52. The molecule has 2 heterocycles. The van der Waals surface area contributed by atoms with Crippen molar-refractivity contribution in [3.05, 3.63) is 63.5 Å². The predicted molar refractivity (Wildman–Crippen MR) is 115 cm³/mol. The summed E-state index contributed by atoms with van der Waals surface area (Å²) in [6.07, 6.45) is 1.21. The molecule has 0 spiro atoms. The number of allylic oxidation sites excluding steroid dienone is 2. The summed E-state index contributed by atoms with van der Waals surface area (Å²) in [6.45, 7) is 10.2. The molecule has 0 unspecified atom stereocenters. The Balaban J connectivity index is 2.23. The average Bonchev–Trinajstić information content (AvgIpc) is 2.73. The minimum Gasteiger partial charge on any atom is -0.483 e.